The minimum absolute atomic E-state index is 0.0322. The highest BCUT2D eigenvalue weighted by molar-refractivity contribution is 8.01. The third kappa shape index (κ3) is 7.44. The average molecular weight is 512 g/mol. The average Bonchev–Trinajstić information content (AvgIpc) is 3.21. The van der Waals surface area contributed by atoms with Gasteiger partial charge in [-0.25, -0.2) is 18.2 Å². The molecule has 1 fully saturated rings. The molecule has 8 nitrogen and oxygen atoms in total. The summed E-state index contributed by atoms with van der Waals surface area (Å²) < 4.78 is 26.4. The molecule has 0 atom stereocenters. The molecule has 0 spiro atoms. The minimum atomic E-state index is -3.53. The first-order valence-corrected chi connectivity index (χ1v) is 14.3. The van der Waals surface area contributed by atoms with E-state index in [1.165, 1.54) is 17.5 Å². The number of benzene rings is 1. The van der Waals surface area contributed by atoms with Crippen LogP contribution in [0.1, 0.15) is 38.2 Å². The Morgan fingerprint density at radius 1 is 1.21 bits per heavy atom. The number of hydrogen-bond donors (Lipinski definition) is 2. The van der Waals surface area contributed by atoms with Crippen LogP contribution in [0.3, 0.4) is 0 Å². The van der Waals surface area contributed by atoms with Crippen molar-refractivity contribution in [3.05, 3.63) is 36.0 Å². The Balaban J connectivity index is 1.70. The number of urea groups is 1. The van der Waals surface area contributed by atoms with Crippen LogP contribution in [0.2, 0.25) is 0 Å². The number of anilines is 1. The zero-order valence-corrected chi connectivity index (χ0v) is 21.1. The normalized spacial score (nSPS) is 18.6. The highest BCUT2D eigenvalue weighted by Gasteiger charge is 2.29. The molecule has 3 rings (SSSR count). The third-order valence-electron chi connectivity index (χ3n) is 5.70. The number of carbonyl (C=O) groups excluding carboxylic acids is 1. The van der Waals surface area contributed by atoms with E-state index in [1.807, 2.05) is 6.92 Å². The lowest BCUT2D eigenvalue weighted by atomic mass is 9.86. The van der Waals surface area contributed by atoms with E-state index in [0.717, 1.165) is 43.0 Å². The number of thiazole rings is 1. The fourth-order valence-electron chi connectivity index (χ4n) is 3.77. The Morgan fingerprint density at radius 3 is 2.52 bits per heavy atom. The molecule has 0 radical (unpaired) electrons. The smallest absolute Gasteiger partial charge is 0.323 e. The van der Waals surface area contributed by atoms with Gasteiger partial charge in [-0.1, -0.05) is 36.0 Å². The molecular weight excluding hydrogens is 482 g/mol. The van der Waals surface area contributed by atoms with Crippen molar-refractivity contribution in [1.29, 1.82) is 0 Å². The number of aryl methyl sites for hydroxylation is 1. The SMILES string of the molecule is Cc1ccc(S(=O)(=O)CCN(C(=O)Nc2ncc(SCC(=O)O)s2)[C@H]2CC[C@H](C)CC2)cc1. The molecule has 11 heteroatoms. The predicted molar refractivity (Wildman–Crippen MR) is 131 cm³/mol. The minimum Gasteiger partial charge on any atom is -0.481 e. The predicted octanol–water partition coefficient (Wildman–Crippen LogP) is 4.51. The van der Waals surface area contributed by atoms with Gasteiger partial charge in [0.2, 0.25) is 0 Å². The Labute approximate surface area is 202 Å². The number of thioether (sulfide) groups is 1. The van der Waals surface area contributed by atoms with Crippen LogP contribution in [0.4, 0.5) is 9.93 Å². The van der Waals surface area contributed by atoms with Crippen LogP contribution in [0.5, 0.6) is 0 Å². The van der Waals surface area contributed by atoms with Crippen molar-refractivity contribution in [3.8, 4) is 0 Å². The molecule has 0 aliphatic heterocycles. The Kier molecular flexibility index (Phi) is 8.77. The first-order chi connectivity index (χ1) is 15.6. The van der Waals surface area contributed by atoms with Gasteiger partial charge in [-0.15, -0.1) is 11.8 Å². The summed E-state index contributed by atoms with van der Waals surface area (Å²) >= 11 is 2.34. The molecule has 33 heavy (non-hydrogen) atoms. The van der Waals surface area contributed by atoms with Crippen LogP contribution in [-0.4, -0.2) is 59.5 Å². The van der Waals surface area contributed by atoms with Crippen molar-refractivity contribution in [2.75, 3.05) is 23.4 Å². The maximum atomic E-state index is 13.2. The largest absolute Gasteiger partial charge is 0.481 e. The molecule has 2 amide bonds. The van der Waals surface area contributed by atoms with Gasteiger partial charge in [0.1, 0.15) is 0 Å². The second-order valence-electron chi connectivity index (χ2n) is 8.34. The standard InChI is InChI=1S/C22H29N3O5S3/c1-15-3-7-17(8-4-15)25(11-12-33(29,30)18-9-5-16(2)6-10-18)22(28)24-21-23-13-20(32-21)31-14-19(26)27/h5-6,9-10,13,15,17H,3-4,7-8,11-12,14H2,1-2H3,(H,26,27)(H,23,24,28)/t15-,17-. The van der Waals surface area contributed by atoms with Crippen LogP contribution in [-0.2, 0) is 14.6 Å². The van der Waals surface area contributed by atoms with E-state index in [-0.39, 0.29) is 35.0 Å². The lowest BCUT2D eigenvalue weighted by molar-refractivity contribution is -0.133. The Hall–Kier alpha value is -2.11. The van der Waals surface area contributed by atoms with Gasteiger partial charge in [-0.3, -0.25) is 10.1 Å². The van der Waals surface area contributed by atoms with Crippen LogP contribution in [0.25, 0.3) is 0 Å². The quantitative estimate of drug-likeness (QED) is 0.476. The summed E-state index contributed by atoms with van der Waals surface area (Å²) in [4.78, 5) is 30.0. The van der Waals surface area contributed by atoms with Crippen molar-refractivity contribution in [1.82, 2.24) is 9.88 Å². The van der Waals surface area contributed by atoms with Crippen LogP contribution >= 0.6 is 23.1 Å². The van der Waals surface area contributed by atoms with E-state index in [1.54, 1.807) is 29.2 Å². The first kappa shape index (κ1) is 25.5. The fourth-order valence-corrected chi connectivity index (χ4v) is 6.57. The van der Waals surface area contributed by atoms with Gasteiger partial charge in [-0.05, 0) is 50.7 Å². The molecule has 180 valence electrons. The molecule has 1 saturated carbocycles. The molecule has 1 aromatic carbocycles. The van der Waals surface area contributed by atoms with Crippen LogP contribution < -0.4 is 5.32 Å². The number of carboxylic acid groups (broad SMARTS) is 1. The second kappa shape index (κ2) is 11.3. The molecule has 0 unspecified atom stereocenters. The summed E-state index contributed by atoms with van der Waals surface area (Å²) in [6.45, 7) is 4.18. The number of rotatable bonds is 9. The van der Waals surface area contributed by atoms with E-state index in [0.29, 0.717) is 15.3 Å². The fraction of sp³-hybridized carbons (Fsp3) is 0.500. The van der Waals surface area contributed by atoms with Crippen LogP contribution in [0.15, 0.2) is 39.6 Å². The molecular formula is C22H29N3O5S3. The van der Waals surface area contributed by atoms with E-state index in [2.05, 4.69) is 17.2 Å². The molecule has 1 aliphatic carbocycles. The van der Waals surface area contributed by atoms with Gasteiger partial charge in [0.25, 0.3) is 0 Å². The molecule has 1 aromatic heterocycles. The van der Waals surface area contributed by atoms with Crippen molar-refractivity contribution in [2.45, 2.75) is 54.7 Å². The molecule has 0 saturated heterocycles. The van der Waals surface area contributed by atoms with Crippen LogP contribution in [0, 0.1) is 12.8 Å². The second-order valence-corrected chi connectivity index (χ2v) is 12.8. The van der Waals surface area contributed by atoms with Gasteiger partial charge >= 0.3 is 12.0 Å². The topological polar surface area (TPSA) is 117 Å². The number of amides is 2. The summed E-state index contributed by atoms with van der Waals surface area (Å²) in [5, 5.41) is 12.0. The maximum Gasteiger partial charge on any atom is 0.323 e. The Bertz CT molecular complexity index is 1060. The van der Waals surface area contributed by atoms with Gasteiger partial charge in [-0.2, -0.15) is 0 Å². The van der Waals surface area contributed by atoms with Crippen molar-refractivity contribution < 1.29 is 23.1 Å². The summed E-state index contributed by atoms with van der Waals surface area (Å²) in [5.41, 5.74) is 0.982. The molecule has 1 heterocycles. The summed E-state index contributed by atoms with van der Waals surface area (Å²) in [5.74, 6) is -0.576. The number of hydrogen-bond acceptors (Lipinski definition) is 7. The Morgan fingerprint density at radius 2 is 1.88 bits per heavy atom. The maximum absolute atomic E-state index is 13.2. The van der Waals surface area contributed by atoms with E-state index in [9.17, 15) is 18.0 Å². The monoisotopic (exact) mass is 511 g/mol. The lowest BCUT2D eigenvalue weighted by Gasteiger charge is -2.36. The van der Waals surface area contributed by atoms with Crippen molar-refractivity contribution in [2.24, 2.45) is 5.92 Å². The van der Waals surface area contributed by atoms with E-state index >= 15 is 0 Å². The number of carbonyl (C=O) groups is 2. The highest BCUT2D eigenvalue weighted by Crippen LogP contribution is 2.30. The molecule has 2 aromatic rings. The molecule has 1 aliphatic rings. The number of nitrogens with one attached hydrogen (secondary N) is 1. The van der Waals surface area contributed by atoms with Gasteiger partial charge in [0.15, 0.2) is 15.0 Å². The van der Waals surface area contributed by atoms with Gasteiger partial charge in [0.05, 0.1) is 26.8 Å². The third-order valence-corrected chi connectivity index (χ3v) is 9.51. The van der Waals surface area contributed by atoms with Gasteiger partial charge < -0.3 is 10.0 Å². The summed E-state index contributed by atoms with van der Waals surface area (Å²) in [7, 11) is -3.53. The summed E-state index contributed by atoms with van der Waals surface area (Å²) in [6.07, 6.45) is 5.18. The molecule has 0 bridgehead atoms. The van der Waals surface area contributed by atoms with Crippen molar-refractivity contribution >= 4 is 50.1 Å². The molecule has 2 N–H and O–H groups in total. The summed E-state index contributed by atoms with van der Waals surface area (Å²) in [6, 6.07) is 6.32. The first-order valence-electron chi connectivity index (χ1n) is 10.8. The van der Waals surface area contributed by atoms with Crippen molar-refractivity contribution in [3.63, 3.8) is 0 Å². The zero-order valence-electron chi connectivity index (χ0n) is 18.7. The number of sulfone groups is 1. The highest BCUT2D eigenvalue weighted by atomic mass is 32.2. The lowest BCUT2D eigenvalue weighted by Crippen LogP contribution is -2.46. The number of aliphatic carboxylic acids is 1. The number of carboxylic acids is 1. The van der Waals surface area contributed by atoms with E-state index < -0.39 is 15.8 Å². The van der Waals surface area contributed by atoms with Gasteiger partial charge in [0, 0.05) is 12.6 Å². The van der Waals surface area contributed by atoms with E-state index in [4.69, 9.17) is 5.11 Å². The number of nitrogens with zero attached hydrogens (tertiary/aromatic N) is 2. The zero-order chi connectivity index (χ0) is 24.0. The number of aromatic nitrogens is 1.